The third kappa shape index (κ3) is 2.44. The van der Waals surface area contributed by atoms with E-state index in [1.165, 1.54) is 0 Å². The van der Waals surface area contributed by atoms with Gasteiger partial charge < -0.3 is 13.9 Å². The van der Waals surface area contributed by atoms with Crippen molar-refractivity contribution in [3.63, 3.8) is 0 Å². The van der Waals surface area contributed by atoms with Gasteiger partial charge in [0, 0.05) is 24.8 Å². The van der Waals surface area contributed by atoms with Gasteiger partial charge in [0.1, 0.15) is 5.75 Å². The molecule has 0 aliphatic carbocycles. The summed E-state index contributed by atoms with van der Waals surface area (Å²) in [4.78, 5) is 12.4. The quantitative estimate of drug-likeness (QED) is 0.673. The van der Waals surface area contributed by atoms with Crippen LogP contribution < -0.4 is 4.74 Å². The molecule has 0 atom stereocenters. The smallest absolute Gasteiger partial charge is 0.198 e. The summed E-state index contributed by atoms with van der Waals surface area (Å²) in [6.45, 7) is 2.93. The van der Waals surface area contributed by atoms with E-state index in [0.717, 1.165) is 22.3 Å². The number of hydrogen-bond donors (Lipinski definition) is 0. The summed E-state index contributed by atoms with van der Waals surface area (Å²) in [6, 6.07) is 11.6. The Labute approximate surface area is 123 Å². The van der Waals surface area contributed by atoms with E-state index >= 15 is 0 Å². The number of carbonyl (C=O) groups is 1. The zero-order valence-corrected chi connectivity index (χ0v) is 12.2. The SMILES string of the molecule is CCOc1cccc2c1ccn2CC(=O)c1cccn1C. The second-order valence-corrected chi connectivity index (χ2v) is 4.99. The van der Waals surface area contributed by atoms with Gasteiger partial charge in [-0.25, -0.2) is 0 Å². The average Bonchev–Trinajstić information content (AvgIpc) is 3.07. The molecule has 0 radical (unpaired) electrons. The molecule has 0 bridgehead atoms. The predicted octanol–water partition coefficient (Wildman–Crippen LogP) is 3.26. The zero-order chi connectivity index (χ0) is 14.8. The lowest BCUT2D eigenvalue weighted by molar-refractivity contribution is 0.0965. The van der Waals surface area contributed by atoms with E-state index in [9.17, 15) is 4.79 Å². The molecule has 108 valence electrons. The fourth-order valence-electron chi connectivity index (χ4n) is 2.60. The third-order valence-electron chi connectivity index (χ3n) is 3.62. The van der Waals surface area contributed by atoms with Crippen molar-refractivity contribution in [2.75, 3.05) is 6.61 Å². The first-order valence-corrected chi connectivity index (χ1v) is 7.06. The zero-order valence-electron chi connectivity index (χ0n) is 12.2. The van der Waals surface area contributed by atoms with Crippen LogP contribution in [0.15, 0.2) is 48.8 Å². The molecule has 0 N–H and O–H groups in total. The maximum absolute atomic E-state index is 12.4. The van der Waals surface area contributed by atoms with Crippen molar-refractivity contribution < 1.29 is 9.53 Å². The monoisotopic (exact) mass is 282 g/mol. The summed E-state index contributed by atoms with van der Waals surface area (Å²) >= 11 is 0. The first-order chi connectivity index (χ1) is 10.2. The molecule has 2 heterocycles. The van der Waals surface area contributed by atoms with E-state index in [2.05, 4.69) is 0 Å². The number of aryl methyl sites for hydroxylation is 1. The van der Waals surface area contributed by atoms with Crippen LogP contribution in [-0.4, -0.2) is 21.5 Å². The third-order valence-corrected chi connectivity index (χ3v) is 3.62. The maximum Gasteiger partial charge on any atom is 0.198 e. The van der Waals surface area contributed by atoms with E-state index in [-0.39, 0.29) is 5.78 Å². The van der Waals surface area contributed by atoms with Gasteiger partial charge in [0.05, 0.1) is 24.4 Å². The lowest BCUT2D eigenvalue weighted by Gasteiger charge is -2.08. The standard InChI is InChI=1S/C17H18N2O2/c1-3-21-17-8-4-6-14-13(17)9-11-19(14)12-16(20)15-7-5-10-18(15)2/h4-11H,3,12H2,1-2H3. The van der Waals surface area contributed by atoms with Crippen LogP contribution in [0.5, 0.6) is 5.75 Å². The van der Waals surface area contributed by atoms with Crippen LogP contribution >= 0.6 is 0 Å². The summed E-state index contributed by atoms with van der Waals surface area (Å²) in [7, 11) is 1.88. The van der Waals surface area contributed by atoms with Crippen molar-refractivity contribution in [2.24, 2.45) is 7.05 Å². The van der Waals surface area contributed by atoms with Gasteiger partial charge in [-0.1, -0.05) is 6.07 Å². The summed E-state index contributed by atoms with van der Waals surface area (Å²) in [5.74, 6) is 0.960. The molecule has 2 aromatic heterocycles. The molecule has 4 nitrogen and oxygen atoms in total. The Bertz CT molecular complexity index is 783. The van der Waals surface area contributed by atoms with Crippen LogP contribution in [0, 0.1) is 0 Å². The molecule has 21 heavy (non-hydrogen) atoms. The van der Waals surface area contributed by atoms with Gasteiger partial charge in [0.15, 0.2) is 5.78 Å². The second-order valence-electron chi connectivity index (χ2n) is 4.99. The molecule has 0 aliphatic heterocycles. The molecular weight excluding hydrogens is 264 g/mol. The van der Waals surface area contributed by atoms with Gasteiger partial charge >= 0.3 is 0 Å². The predicted molar refractivity (Wildman–Crippen MR) is 82.9 cm³/mol. The minimum absolute atomic E-state index is 0.0989. The minimum atomic E-state index is 0.0989. The lowest BCUT2D eigenvalue weighted by atomic mass is 10.2. The highest BCUT2D eigenvalue weighted by molar-refractivity contribution is 5.96. The van der Waals surface area contributed by atoms with Gasteiger partial charge in [-0.15, -0.1) is 0 Å². The lowest BCUT2D eigenvalue weighted by Crippen LogP contribution is -2.12. The molecule has 0 saturated heterocycles. The topological polar surface area (TPSA) is 36.2 Å². The van der Waals surface area contributed by atoms with Crippen LogP contribution in [0.1, 0.15) is 17.4 Å². The Balaban J connectivity index is 1.93. The summed E-state index contributed by atoms with van der Waals surface area (Å²) in [5.41, 5.74) is 1.74. The number of fused-ring (bicyclic) bond motifs is 1. The molecule has 0 aliphatic rings. The molecule has 3 rings (SSSR count). The van der Waals surface area contributed by atoms with Gasteiger partial charge in [0.2, 0.25) is 0 Å². The normalized spacial score (nSPS) is 11.0. The summed E-state index contributed by atoms with van der Waals surface area (Å²) in [6.07, 6.45) is 3.82. The molecule has 0 amide bonds. The second kappa shape index (κ2) is 5.48. The minimum Gasteiger partial charge on any atom is -0.493 e. The average molecular weight is 282 g/mol. The first kappa shape index (κ1) is 13.5. The molecule has 3 aromatic rings. The van der Waals surface area contributed by atoms with Crippen LogP contribution in [0.3, 0.4) is 0 Å². The van der Waals surface area contributed by atoms with Crippen molar-refractivity contribution in [2.45, 2.75) is 13.5 Å². The number of ether oxygens (including phenoxy) is 1. The van der Waals surface area contributed by atoms with Crippen molar-refractivity contribution in [1.29, 1.82) is 0 Å². The van der Waals surface area contributed by atoms with E-state index in [1.807, 2.05) is 71.9 Å². The molecule has 1 aromatic carbocycles. The largest absolute Gasteiger partial charge is 0.493 e. The Morgan fingerprint density at radius 2 is 2.00 bits per heavy atom. The van der Waals surface area contributed by atoms with Gasteiger partial charge in [-0.2, -0.15) is 0 Å². The molecular formula is C17H18N2O2. The Morgan fingerprint density at radius 3 is 2.71 bits per heavy atom. The van der Waals surface area contributed by atoms with Gasteiger partial charge in [-0.05, 0) is 37.3 Å². The van der Waals surface area contributed by atoms with E-state index in [1.54, 1.807) is 0 Å². The Morgan fingerprint density at radius 1 is 1.14 bits per heavy atom. The van der Waals surface area contributed by atoms with Crippen LogP contribution in [0.4, 0.5) is 0 Å². The number of benzene rings is 1. The fourth-order valence-corrected chi connectivity index (χ4v) is 2.60. The summed E-state index contributed by atoms with van der Waals surface area (Å²) < 4.78 is 9.44. The maximum atomic E-state index is 12.4. The van der Waals surface area contributed by atoms with Gasteiger partial charge in [0.25, 0.3) is 0 Å². The van der Waals surface area contributed by atoms with Crippen LogP contribution in [0.25, 0.3) is 10.9 Å². The highest BCUT2D eigenvalue weighted by atomic mass is 16.5. The molecule has 0 fully saturated rings. The molecule has 4 heteroatoms. The van der Waals surface area contributed by atoms with Crippen LogP contribution in [0.2, 0.25) is 0 Å². The Kier molecular flexibility index (Phi) is 3.52. The number of nitrogens with zero attached hydrogens (tertiary/aromatic N) is 2. The summed E-state index contributed by atoms with van der Waals surface area (Å²) in [5, 5.41) is 1.04. The van der Waals surface area contributed by atoms with E-state index in [0.29, 0.717) is 13.2 Å². The number of hydrogen-bond acceptors (Lipinski definition) is 2. The number of rotatable bonds is 5. The van der Waals surface area contributed by atoms with Crippen molar-refractivity contribution >= 4 is 16.7 Å². The molecule has 0 unspecified atom stereocenters. The van der Waals surface area contributed by atoms with Gasteiger partial charge in [-0.3, -0.25) is 4.79 Å². The number of Topliss-reactive ketones (excluding diaryl/α,β-unsaturated/α-hetero) is 1. The highest BCUT2D eigenvalue weighted by Crippen LogP contribution is 2.26. The van der Waals surface area contributed by atoms with E-state index < -0.39 is 0 Å². The van der Waals surface area contributed by atoms with Crippen molar-refractivity contribution in [3.8, 4) is 5.75 Å². The molecule has 0 spiro atoms. The number of aromatic nitrogens is 2. The van der Waals surface area contributed by atoms with Crippen LogP contribution in [-0.2, 0) is 13.6 Å². The number of carbonyl (C=O) groups excluding carboxylic acids is 1. The van der Waals surface area contributed by atoms with Crippen molar-refractivity contribution in [1.82, 2.24) is 9.13 Å². The Hall–Kier alpha value is -2.49. The van der Waals surface area contributed by atoms with E-state index in [4.69, 9.17) is 4.74 Å². The van der Waals surface area contributed by atoms with Crippen molar-refractivity contribution in [3.05, 3.63) is 54.5 Å². The molecule has 0 saturated carbocycles. The highest BCUT2D eigenvalue weighted by Gasteiger charge is 2.12. The first-order valence-electron chi connectivity index (χ1n) is 7.06. The number of ketones is 1. The fraction of sp³-hybridized carbons (Fsp3) is 0.235.